The summed E-state index contributed by atoms with van der Waals surface area (Å²) in [7, 11) is 0. The molecule has 2 nitrogen and oxygen atoms in total. The monoisotopic (exact) mass is 310 g/mol. The highest BCUT2D eigenvalue weighted by Crippen LogP contribution is 2.66. The number of hydrogen-bond donors (Lipinski definition) is 1. The van der Waals surface area contributed by atoms with Crippen LogP contribution in [-0.2, 0) is 4.74 Å². The maximum absolute atomic E-state index is 6.45. The minimum atomic E-state index is 0.421. The Kier molecular flexibility index (Phi) is 6.36. The van der Waals surface area contributed by atoms with E-state index in [1.165, 1.54) is 64.6 Å². The van der Waals surface area contributed by atoms with E-state index >= 15 is 0 Å². The molecule has 0 aromatic heterocycles. The summed E-state index contributed by atoms with van der Waals surface area (Å²) in [5.74, 6) is 0.895. The fourth-order valence-corrected chi connectivity index (χ4v) is 4.96. The number of rotatable bonds is 10. The minimum Gasteiger partial charge on any atom is -0.372 e. The van der Waals surface area contributed by atoms with Crippen LogP contribution in [0.2, 0.25) is 0 Å². The maximum atomic E-state index is 6.45. The Morgan fingerprint density at radius 2 is 1.64 bits per heavy atom. The van der Waals surface area contributed by atoms with E-state index in [1.807, 2.05) is 0 Å². The van der Waals surface area contributed by atoms with E-state index in [9.17, 15) is 0 Å². The quantitative estimate of drug-likeness (QED) is 0.649. The molecular formula is C20H40NO+. The molecule has 0 radical (unpaired) electrons. The van der Waals surface area contributed by atoms with Gasteiger partial charge in [0.15, 0.2) is 0 Å². The van der Waals surface area contributed by atoms with Gasteiger partial charge in [0, 0.05) is 0 Å². The Bertz CT molecular complexity index is 333. The molecule has 0 saturated heterocycles. The molecule has 2 saturated carbocycles. The van der Waals surface area contributed by atoms with Crippen LogP contribution >= 0.6 is 0 Å². The Morgan fingerprint density at radius 3 is 2.09 bits per heavy atom. The summed E-state index contributed by atoms with van der Waals surface area (Å²) in [4.78, 5) is 1.76. The first kappa shape index (κ1) is 18.3. The summed E-state index contributed by atoms with van der Waals surface area (Å²) in [6.07, 6.45) is 9.96. The highest BCUT2D eigenvalue weighted by Gasteiger charge is 2.61. The highest BCUT2D eigenvalue weighted by atomic mass is 16.5. The third-order valence-corrected chi connectivity index (χ3v) is 7.26. The van der Waals surface area contributed by atoms with Crippen LogP contribution in [0.5, 0.6) is 0 Å². The molecule has 2 bridgehead atoms. The highest BCUT2D eigenvalue weighted by molar-refractivity contribution is 5.11. The summed E-state index contributed by atoms with van der Waals surface area (Å²) in [5.41, 5.74) is 0.902. The van der Waals surface area contributed by atoms with Crippen LogP contribution in [0.15, 0.2) is 0 Å². The molecule has 3 atom stereocenters. The molecule has 130 valence electrons. The molecule has 2 aliphatic rings. The first-order valence-electron chi connectivity index (χ1n) is 9.90. The van der Waals surface area contributed by atoms with Gasteiger partial charge in [0.05, 0.1) is 25.8 Å². The van der Waals surface area contributed by atoms with Crippen molar-refractivity contribution in [3.63, 3.8) is 0 Å². The van der Waals surface area contributed by atoms with Crippen LogP contribution in [0, 0.1) is 16.7 Å². The average Bonchev–Trinajstić information content (AvgIpc) is 2.82. The second-order valence-electron chi connectivity index (χ2n) is 8.68. The van der Waals surface area contributed by atoms with Crippen LogP contribution in [-0.4, -0.2) is 32.3 Å². The first-order valence-corrected chi connectivity index (χ1v) is 9.90. The molecule has 0 aromatic carbocycles. The van der Waals surface area contributed by atoms with Crippen LogP contribution < -0.4 is 4.90 Å². The van der Waals surface area contributed by atoms with Crippen molar-refractivity contribution < 1.29 is 9.64 Å². The summed E-state index contributed by atoms with van der Waals surface area (Å²) < 4.78 is 6.45. The lowest BCUT2D eigenvalue weighted by Crippen LogP contribution is -3.12. The fourth-order valence-electron chi connectivity index (χ4n) is 4.96. The third-order valence-electron chi connectivity index (χ3n) is 7.26. The number of hydrogen-bond acceptors (Lipinski definition) is 1. The average molecular weight is 311 g/mol. The standard InChI is InChI=1S/C20H39NO/c1-6-8-12-21(13-9-7-2)14-15-22-18-16-17-10-11-20(18,5)19(17,3)4/h17-18H,6-16H2,1-5H3/p+1/t17-,18-,20+/m1/s1. The SMILES string of the molecule is CCCC[NH+](CCCC)CCO[C@@H]1C[C@H]2CC[C@]1(C)C2(C)C. The topological polar surface area (TPSA) is 13.7 Å². The lowest BCUT2D eigenvalue weighted by molar-refractivity contribution is -0.901. The van der Waals surface area contributed by atoms with E-state index in [4.69, 9.17) is 4.74 Å². The van der Waals surface area contributed by atoms with Gasteiger partial charge in [-0.2, -0.15) is 0 Å². The lowest BCUT2D eigenvalue weighted by atomic mass is 9.70. The van der Waals surface area contributed by atoms with E-state index in [0.717, 1.165) is 12.5 Å². The molecule has 0 heterocycles. The number of unbranched alkanes of at least 4 members (excludes halogenated alkanes) is 2. The molecule has 2 heteroatoms. The largest absolute Gasteiger partial charge is 0.372 e. The van der Waals surface area contributed by atoms with Crippen molar-refractivity contribution in [2.45, 2.75) is 85.7 Å². The molecule has 0 spiro atoms. The molecule has 0 unspecified atom stereocenters. The Balaban J connectivity index is 1.78. The molecule has 0 aliphatic heterocycles. The Labute approximate surface area is 139 Å². The van der Waals surface area contributed by atoms with Crippen LogP contribution in [0.3, 0.4) is 0 Å². The summed E-state index contributed by atoms with van der Waals surface area (Å²) in [5, 5.41) is 0. The van der Waals surface area contributed by atoms with Crippen molar-refractivity contribution in [2.24, 2.45) is 16.7 Å². The maximum Gasteiger partial charge on any atom is 0.101 e. The summed E-state index contributed by atoms with van der Waals surface area (Å²) >= 11 is 0. The molecule has 22 heavy (non-hydrogen) atoms. The number of ether oxygens (including phenoxy) is 1. The van der Waals surface area contributed by atoms with Gasteiger partial charge in [-0.05, 0) is 48.9 Å². The zero-order valence-corrected chi connectivity index (χ0v) is 15.8. The second kappa shape index (κ2) is 7.66. The predicted octanol–water partition coefficient (Wildman–Crippen LogP) is 3.70. The van der Waals surface area contributed by atoms with Gasteiger partial charge >= 0.3 is 0 Å². The molecule has 2 fully saturated rings. The predicted molar refractivity (Wildman–Crippen MR) is 94.3 cm³/mol. The molecule has 1 N–H and O–H groups in total. The second-order valence-corrected chi connectivity index (χ2v) is 8.68. The third kappa shape index (κ3) is 3.53. The zero-order chi connectivity index (χ0) is 16.2. The normalized spacial score (nSPS) is 33.0. The zero-order valence-electron chi connectivity index (χ0n) is 15.8. The number of nitrogens with one attached hydrogen (secondary N) is 1. The van der Waals surface area contributed by atoms with Gasteiger partial charge in [0.1, 0.15) is 6.54 Å². The smallest absolute Gasteiger partial charge is 0.101 e. The Morgan fingerprint density at radius 1 is 1.00 bits per heavy atom. The van der Waals surface area contributed by atoms with Gasteiger partial charge in [-0.25, -0.2) is 0 Å². The molecule has 2 rings (SSSR count). The minimum absolute atomic E-state index is 0.421. The van der Waals surface area contributed by atoms with Crippen LogP contribution in [0.25, 0.3) is 0 Å². The van der Waals surface area contributed by atoms with Gasteiger partial charge in [0.25, 0.3) is 0 Å². The van der Waals surface area contributed by atoms with Crippen molar-refractivity contribution >= 4 is 0 Å². The molecule has 0 aromatic rings. The summed E-state index contributed by atoms with van der Waals surface area (Å²) in [6, 6.07) is 0. The first-order chi connectivity index (χ1) is 10.5. The van der Waals surface area contributed by atoms with Crippen LogP contribution in [0.1, 0.15) is 79.6 Å². The van der Waals surface area contributed by atoms with Gasteiger partial charge in [-0.15, -0.1) is 0 Å². The van der Waals surface area contributed by atoms with Gasteiger partial charge in [-0.3, -0.25) is 0 Å². The van der Waals surface area contributed by atoms with Gasteiger partial charge in [-0.1, -0.05) is 47.5 Å². The van der Waals surface area contributed by atoms with Crippen LogP contribution in [0.4, 0.5) is 0 Å². The van der Waals surface area contributed by atoms with E-state index in [-0.39, 0.29) is 0 Å². The number of quaternary nitrogens is 1. The van der Waals surface area contributed by atoms with Crippen molar-refractivity contribution in [2.75, 3.05) is 26.2 Å². The molecule has 0 amide bonds. The summed E-state index contributed by atoms with van der Waals surface area (Å²) in [6.45, 7) is 16.9. The molecule has 2 aliphatic carbocycles. The van der Waals surface area contributed by atoms with E-state index in [0.29, 0.717) is 16.9 Å². The number of fused-ring (bicyclic) bond motifs is 2. The van der Waals surface area contributed by atoms with E-state index in [1.54, 1.807) is 4.90 Å². The van der Waals surface area contributed by atoms with Gasteiger partial charge in [0.2, 0.25) is 0 Å². The van der Waals surface area contributed by atoms with Crippen molar-refractivity contribution in [3.05, 3.63) is 0 Å². The fraction of sp³-hybridized carbons (Fsp3) is 1.00. The Hall–Kier alpha value is -0.0800. The van der Waals surface area contributed by atoms with Crippen molar-refractivity contribution in [3.8, 4) is 0 Å². The van der Waals surface area contributed by atoms with Gasteiger partial charge < -0.3 is 9.64 Å². The van der Waals surface area contributed by atoms with Crippen molar-refractivity contribution in [1.29, 1.82) is 0 Å². The van der Waals surface area contributed by atoms with E-state index < -0.39 is 0 Å². The lowest BCUT2D eigenvalue weighted by Gasteiger charge is -2.39. The molecular weight excluding hydrogens is 270 g/mol. The van der Waals surface area contributed by atoms with Crippen molar-refractivity contribution in [1.82, 2.24) is 0 Å². The van der Waals surface area contributed by atoms with E-state index in [2.05, 4.69) is 34.6 Å².